The molecule has 0 aromatic heterocycles. The monoisotopic (exact) mass is 595 g/mol. The summed E-state index contributed by atoms with van der Waals surface area (Å²) >= 11 is 1.38. The summed E-state index contributed by atoms with van der Waals surface area (Å²) in [5.41, 5.74) is 1.25. The highest BCUT2D eigenvalue weighted by atomic mass is 32.3. The number of hydrogen-bond donors (Lipinski definition) is 2. The lowest BCUT2D eigenvalue weighted by atomic mass is 9.79. The van der Waals surface area contributed by atoms with E-state index >= 15 is 0 Å². The van der Waals surface area contributed by atoms with E-state index < -0.39 is 22.4 Å². The van der Waals surface area contributed by atoms with Crippen molar-refractivity contribution in [3.63, 3.8) is 0 Å². The molecule has 0 bridgehead atoms. The summed E-state index contributed by atoms with van der Waals surface area (Å²) < 4.78 is 53.5. The first kappa shape index (κ1) is 32.1. The van der Waals surface area contributed by atoms with E-state index in [0.29, 0.717) is 28.3 Å². The van der Waals surface area contributed by atoms with E-state index in [-0.39, 0.29) is 23.5 Å². The second kappa shape index (κ2) is 14.5. The fourth-order valence-corrected chi connectivity index (χ4v) is 7.84. The van der Waals surface area contributed by atoms with E-state index in [9.17, 15) is 18.3 Å². The average Bonchev–Trinajstić information content (AvgIpc) is 3.05. The number of unbranched alkanes of at least 4 members (excludes halogenated alkanes) is 2. The van der Waals surface area contributed by atoms with Crippen molar-refractivity contribution in [2.24, 2.45) is 5.41 Å². The SMILES string of the molecule is CCCCC1(CCCC)CN(c2ccc(OC)cc2)c2cc(SC)c(O/C=C(\F)C(=O)OCC)cc2S(O)(O)C1. The summed E-state index contributed by atoms with van der Waals surface area (Å²) in [5, 5.41) is 0. The van der Waals surface area contributed by atoms with Crippen molar-refractivity contribution in [2.45, 2.75) is 69.1 Å². The number of carbonyl (C=O) groups excluding carboxylic acids is 1. The van der Waals surface area contributed by atoms with E-state index in [4.69, 9.17) is 14.2 Å². The Labute approximate surface area is 243 Å². The predicted octanol–water partition coefficient (Wildman–Crippen LogP) is 8.80. The van der Waals surface area contributed by atoms with Crippen molar-refractivity contribution >= 4 is 39.7 Å². The van der Waals surface area contributed by atoms with Crippen molar-refractivity contribution < 1.29 is 32.5 Å². The number of thioether (sulfide) groups is 1. The molecule has 0 spiro atoms. The number of carbonyl (C=O) groups is 1. The molecular formula is C30H42FNO6S2. The number of halogens is 1. The van der Waals surface area contributed by atoms with Gasteiger partial charge in [0.15, 0.2) is 0 Å². The fourth-order valence-electron chi connectivity index (χ4n) is 5.11. The normalized spacial score (nSPS) is 17.0. The molecule has 0 saturated carbocycles. The van der Waals surface area contributed by atoms with Crippen LogP contribution >= 0.6 is 22.4 Å². The van der Waals surface area contributed by atoms with E-state index in [1.165, 1.54) is 11.8 Å². The summed E-state index contributed by atoms with van der Waals surface area (Å²) in [7, 11) is -1.65. The van der Waals surface area contributed by atoms with E-state index in [0.717, 1.165) is 50.0 Å². The largest absolute Gasteiger partial charge is 0.497 e. The maximum Gasteiger partial charge on any atom is 0.370 e. The number of esters is 1. The van der Waals surface area contributed by atoms with Crippen molar-refractivity contribution in [2.75, 3.05) is 37.2 Å². The summed E-state index contributed by atoms with van der Waals surface area (Å²) in [6.07, 6.45) is 8.28. The van der Waals surface area contributed by atoms with Crippen LogP contribution in [0.25, 0.3) is 0 Å². The second-order valence-corrected chi connectivity index (χ2v) is 13.0. The van der Waals surface area contributed by atoms with Gasteiger partial charge in [-0.1, -0.05) is 39.5 Å². The van der Waals surface area contributed by atoms with Crippen LogP contribution in [0.3, 0.4) is 0 Å². The Kier molecular flexibility index (Phi) is 11.6. The molecule has 1 aliphatic rings. The molecular weight excluding hydrogens is 553 g/mol. The van der Waals surface area contributed by atoms with Gasteiger partial charge in [0.2, 0.25) is 5.83 Å². The third kappa shape index (κ3) is 7.66. The summed E-state index contributed by atoms with van der Waals surface area (Å²) in [5.74, 6) is -1.10. The predicted molar refractivity (Wildman–Crippen MR) is 162 cm³/mol. The fraction of sp³-hybridized carbons (Fsp3) is 0.500. The first-order chi connectivity index (χ1) is 19.1. The van der Waals surface area contributed by atoms with Gasteiger partial charge in [-0.15, -0.1) is 11.8 Å². The van der Waals surface area contributed by atoms with Crippen LogP contribution in [-0.2, 0) is 9.53 Å². The third-order valence-electron chi connectivity index (χ3n) is 7.15. The zero-order valence-corrected chi connectivity index (χ0v) is 25.7. The van der Waals surface area contributed by atoms with Crippen molar-refractivity contribution in [3.8, 4) is 11.5 Å². The standard InChI is InChI=1S/C30H42FNO6S2/c1-6-9-15-30(16-10-7-2)20-32(22-11-13-23(36-4)14-12-22)25-17-27(39-5)26(18-28(25)40(34,35)21-30)38-19-24(31)29(33)37-8-3/h11-14,17-19,34-35H,6-10,15-16,20-21H2,1-5H3/b24-19-. The number of methoxy groups -OCH3 is 1. The van der Waals surface area contributed by atoms with Gasteiger partial charge in [-0.3, -0.25) is 9.11 Å². The molecule has 0 atom stereocenters. The lowest BCUT2D eigenvalue weighted by Crippen LogP contribution is -2.37. The topological polar surface area (TPSA) is 88.5 Å². The lowest BCUT2D eigenvalue weighted by Gasteiger charge is -2.42. The molecule has 2 N–H and O–H groups in total. The van der Waals surface area contributed by atoms with Crippen LogP contribution in [0.15, 0.2) is 58.3 Å². The Balaban J connectivity index is 2.20. The van der Waals surface area contributed by atoms with Gasteiger partial charge >= 0.3 is 5.97 Å². The van der Waals surface area contributed by atoms with E-state index in [1.54, 1.807) is 20.1 Å². The smallest absolute Gasteiger partial charge is 0.370 e. The highest BCUT2D eigenvalue weighted by molar-refractivity contribution is 8.24. The minimum absolute atomic E-state index is 0.0366. The van der Waals surface area contributed by atoms with Crippen LogP contribution in [0, 0.1) is 5.41 Å². The second-order valence-electron chi connectivity index (χ2n) is 10.1. The maximum atomic E-state index is 14.3. The van der Waals surface area contributed by atoms with Crippen LogP contribution in [0.2, 0.25) is 0 Å². The summed E-state index contributed by atoms with van der Waals surface area (Å²) in [6, 6.07) is 11.2. The van der Waals surface area contributed by atoms with Crippen LogP contribution in [0.5, 0.6) is 11.5 Å². The summed E-state index contributed by atoms with van der Waals surface area (Å²) in [6.45, 7) is 6.54. The molecule has 0 radical (unpaired) electrons. The average molecular weight is 596 g/mol. The minimum Gasteiger partial charge on any atom is -0.497 e. The van der Waals surface area contributed by atoms with Gasteiger partial charge in [-0.25, -0.2) is 4.79 Å². The molecule has 0 aliphatic carbocycles. The number of hydrogen-bond acceptors (Lipinski definition) is 8. The van der Waals surface area contributed by atoms with Crippen LogP contribution in [-0.4, -0.2) is 47.3 Å². The molecule has 40 heavy (non-hydrogen) atoms. The Morgan fingerprint density at radius 2 is 1.77 bits per heavy atom. The highest BCUT2D eigenvalue weighted by Crippen LogP contribution is 2.62. The molecule has 0 fully saturated rings. The van der Waals surface area contributed by atoms with Gasteiger partial charge in [0.25, 0.3) is 0 Å². The van der Waals surface area contributed by atoms with Crippen LogP contribution < -0.4 is 14.4 Å². The molecule has 3 rings (SSSR count). The quantitative estimate of drug-likeness (QED) is 0.103. The molecule has 1 heterocycles. The summed E-state index contributed by atoms with van der Waals surface area (Å²) in [4.78, 5) is 14.9. The molecule has 0 amide bonds. The molecule has 7 nitrogen and oxygen atoms in total. The Morgan fingerprint density at radius 3 is 2.33 bits per heavy atom. The third-order valence-corrected chi connectivity index (χ3v) is 9.96. The molecule has 0 saturated heterocycles. The zero-order chi connectivity index (χ0) is 29.3. The van der Waals surface area contributed by atoms with Gasteiger partial charge in [0.05, 0.1) is 29.2 Å². The van der Waals surface area contributed by atoms with Crippen LogP contribution in [0.1, 0.15) is 59.3 Å². The van der Waals surface area contributed by atoms with Crippen molar-refractivity contribution in [1.82, 2.24) is 0 Å². The van der Waals surface area contributed by atoms with Gasteiger partial charge in [0.1, 0.15) is 17.8 Å². The molecule has 10 heteroatoms. The van der Waals surface area contributed by atoms with Gasteiger partial charge < -0.3 is 19.1 Å². The maximum absolute atomic E-state index is 14.3. The van der Waals surface area contributed by atoms with Crippen LogP contribution in [0.4, 0.5) is 15.8 Å². The van der Waals surface area contributed by atoms with Gasteiger partial charge in [-0.2, -0.15) is 15.0 Å². The number of benzene rings is 2. The Morgan fingerprint density at radius 1 is 1.12 bits per heavy atom. The molecule has 0 unspecified atom stereocenters. The Bertz CT molecular complexity index is 1160. The van der Waals surface area contributed by atoms with E-state index in [1.807, 2.05) is 36.6 Å². The first-order valence-electron chi connectivity index (χ1n) is 13.7. The van der Waals surface area contributed by atoms with Gasteiger partial charge in [0, 0.05) is 29.5 Å². The Hall–Kier alpha value is -2.40. The van der Waals surface area contributed by atoms with Gasteiger partial charge in [-0.05, 0) is 56.4 Å². The number of ether oxygens (including phenoxy) is 3. The highest BCUT2D eigenvalue weighted by Gasteiger charge is 2.42. The molecule has 2 aromatic carbocycles. The van der Waals surface area contributed by atoms with Crippen molar-refractivity contribution in [3.05, 3.63) is 48.5 Å². The number of rotatable bonds is 13. The molecule has 2 aromatic rings. The zero-order valence-electron chi connectivity index (χ0n) is 24.1. The minimum atomic E-state index is -3.27. The first-order valence-corrected chi connectivity index (χ1v) is 16.7. The molecule has 1 aliphatic heterocycles. The van der Waals surface area contributed by atoms with E-state index in [2.05, 4.69) is 18.7 Å². The lowest BCUT2D eigenvalue weighted by molar-refractivity contribution is -0.140. The number of nitrogens with zero attached hydrogens (tertiary/aromatic N) is 1. The molecule has 222 valence electrons. The van der Waals surface area contributed by atoms with Crippen molar-refractivity contribution in [1.29, 1.82) is 0 Å². The number of fused-ring (bicyclic) bond motifs is 1. The number of anilines is 2.